The van der Waals surface area contributed by atoms with Crippen LogP contribution in [0.3, 0.4) is 0 Å². The summed E-state index contributed by atoms with van der Waals surface area (Å²) in [6.45, 7) is 3.00. The van der Waals surface area contributed by atoms with Crippen molar-refractivity contribution in [2.45, 2.75) is 20.0 Å². The molecule has 1 heterocycles. The van der Waals surface area contributed by atoms with Gasteiger partial charge in [-0.1, -0.05) is 48.0 Å². The summed E-state index contributed by atoms with van der Waals surface area (Å²) >= 11 is 1.28. The first kappa shape index (κ1) is 21.2. The van der Waals surface area contributed by atoms with Gasteiger partial charge in [-0.05, 0) is 26.0 Å². The topological polar surface area (TPSA) is 97.4 Å². The largest absolute Gasteiger partial charge is 0.451 e. The lowest BCUT2D eigenvalue weighted by Gasteiger charge is -2.13. The minimum Gasteiger partial charge on any atom is -0.451 e. The van der Waals surface area contributed by atoms with Crippen molar-refractivity contribution < 1.29 is 19.1 Å². The van der Waals surface area contributed by atoms with Crippen molar-refractivity contribution in [1.82, 2.24) is 10.3 Å². The Morgan fingerprint density at radius 1 is 1.10 bits per heavy atom. The molecule has 2 amide bonds. The lowest BCUT2D eigenvalue weighted by atomic mass is 10.1. The zero-order valence-corrected chi connectivity index (χ0v) is 17.4. The lowest BCUT2D eigenvalue weighted by Crippen LogP contribution is -2.35. The average molecular weight is 423 g/mol. The maximum Gasteiger partial charge on any atom is 0.326 e. The summed E-state index contributed by atoms with van der Waals surface area (Å²) in [6, 6.07) is 16.6. The van der Waals surface area contributed by atoms with Crippen LogP contribution >= 0.6 is 11.3 Å². The first-order valence-electron chi connectivity index (χ1n) is 9.28. The van der Waals surface area contributed by atoms with Crippen LogP contribution < -0.4 is 10.6 Å². The van der Waals surface area contributed by atoms with Gasteiger partial charge in [0.25, 0.3) is 11.8 Å². The van der Waals surface area contributed by atoms with E-state index in [1.807, 2.05) is 48.7 Å². The van der Waals surface area contributed by atoms with Crippen LogP contribution in [0.1, 0.15) is 22.8 Å². The van der Waals surface area contributed by atoms with Crippen molar-refractivity contribution in [2.24, 2.45) is 0 Å². The van der Waals surface area contributed by atoms with Crippen LogP contribution in [0.2, 0.25) is 0 Å². The van der Waals surface area contributed by atoms with Gasteiger partial charge in [-0.15, -0.1) is 11.3 Å². The predicted octanol–water partition coefficient (Wildman–Crippen LogP) is 3.42. The Labute approximate surface area is 178 Å². The third-order valence-electron chi connectivity index (χ3n) is 4.15. The van der Waals surface area contributed by atoms with Gasteiger partial charge in [-0.3, -0.25) is 19.7 Å². The molecule has 0 unspecified atom stereocenters. The molecule has 2 aromatic carbocycles. The van der Waals surface area contributed by atoms with E-state index in [1.165, 1.54) is 18.3 Å². The van der Waals surface area contributed by atoms with E-state index in [-0.39, 0.29) is 12.5 Å². The normalized spacial score (nSPS) is 11.4. The Morgan fingerprint density at radius 2 is 1.87 bits per heavy atom. The zero-order chi connectivity index (χ0) is 21.5. The smallest absolute Gasteiger partial charge is 0.326 e. The summed E-state index contributed by atoms with van der Waals surface area (Å²) < 4.78 is 5.10. The molecule has 0 fully saturated rings. The van der Waals surface area contributed by atoms with E-state index in [9.17, 15) is 14.4 Å². The molecule has 7 nitrogen and oxygen atoms in total. The van der Waals surface area contributed by atoms with Crippen LogP contribution in [0.15, 0.2) is 60.0 Å². The second kappa shape index (κ2) is 9.80. The number of rotatable bonds is 7. The molecule has 0 saturated carbocycles. The van der Waals surface area contributed by atoms with Crippen molar-refractivity contribution in [2.75, 3.05) is 11.9 Å². The molecule has 0 saturated heterocycles. The van der Waals surface area contributed by atoms with Crippen molar-refractivity contribution in [1.29, 1.82) is 0 Å². The van der Waals surface area contributed by atoms with Gasteiger partial charge in [0.15, 0.2) is 11.2 Å². The quantitative estimate of drug-likeness (QED) is 0.568. The number of ether oxygens (including phenoxy) is 1. The van der Waals surface area contributed by atoms with Crippen molar-refractivity contribution >= 4 is 34.3 Å². The van der Waals surface area contributed by atoms with Crippen molar-refractivity contribution in [3.05, 3.63) is 71.1 Å². The fourth-order valence-electron chi connectivity index (χ4n) is 2.61. The summed E-state index contributed by atoms with van der Waals surface area (Å²) in [7, 11) is 0. The molecule has 2 N–H and O–H groups in total. The molecule has 3 rings (SSSR count). The number of nitrogens with zero attached hydrogens (tertiary/aromatic N) is 1. The number of benzene rings is 2. The first-order valence-corrected chi connectivity index (χ1v) is 10.2. The van der Waals surface area contributed by atoms with Crippen LogP contribution in [-0.4, -0.2) is 35.4 Å². The van der Waals surface area contributed by atoms with Crippen LogP contribution in [0, 0.1) is 6.92 Å². The highest BCUT2D eigenvalue weighted by Crippen LogP contribution is 2.24. The fourth-order valence-corrected chi connectivity index (χ4v) is 3.34. The van der Waals surface area contributed by atoms with E-state index in [4.69, 9.17) is 4.74 Å². The molecular weight excluding hydrogens is 402 g/mol. The summed E-state index contributed by atoms with van der Waals surface area (Å²) in [5, 5.41) is 7.37. The van der Waals surface area contributed by atoms with E-state index in [1.54, 1.807) is 18.2 Å². The second-order valence-electron chi connectivity index (χ2n) is 6.58. The first-order chi connectivity index (χ1) is 14.4. The Morgan fingerprint density at radius 3 is 2.60 bits per heavy atom. The standard InChI is InChI=1S/C22H21N3O4S/c1-14-7-6-10-17(11-14)21(28)23-12-19(26)29-15(2)20(27)25-22-24-18(13-30-22)16-8-4-3-5-9-16/h3-11,13,15H,12H2,1-2H3,(H,23,28)(H,24,25,27)/t15-/m0/s1. The van der Waals surface area contributed by atoms with E-state index in [2.05, 4.69) is 15.6 Å². The van der Waals surface area contributed by atoms with Crippen LogP contribution in [0.4, 0.5) is 5.13 Å². The lowest BCUT2D eigenvalue weighted by molar-refractivity contribution is -0.152. The van der Waals surface area contributed by atoms with Crippen molar-refractivity contribution in [3.8, 4) is 11.3 Å². The Bertz CT molecular complexity index is 1050. The number of nitrogens with one attached hydrogen (secondary N) is 2. The third-order valence-corrected chi connectivity index (χ3v) is 4.91. The fraction of sp³-hybridized carbons (Fsp3) is 0.182. The van der Waals surface area contributed by atoms with Crippen LogP contribution in [0.5, 0.6) is 0 Å². The number of hydrogen-bond donors (Lipinski definition) is 2. The minimum absolute atomic E-state index is 0.334. The molecule has 1 aromatic heterocycles. The molecule has 30 heavy (non-hydrogen) atoms. The number of carbonyl (C=O) groups is 3. The Hall–Kier alpha value is -3.52. The third kappa shape index (κ3) is 5.74. The maximum absolute atomic E-state index is 12.3. The van der Waals surface area contributed by atoms with Gasteiger partial charge in [-0.25, -0.2) is 4.98 Å². The number of thiazole rings is 1. The Balaban J connectivity index is 1.47. The SMILES string of the molecule is Cc1cccc(C(=O)NCC(=O)O[C@@H](C)C(=O)Nc2nc(-c3ccccc3)cs2)c1. The summed E-state index contributed by atoms with van der Waals surface area (Å²) in [5.74, 6) is -1.59. The van der Waals surface area contributed by atoms with Gasteiger partial charge < -0.3 is 10.1 Å². The second-order valence-corrected chi connectivity index (χ2v) is 7.44. The number of anilines is 1. The van der Waals surface area contributed by atoms with Gasteiger partial charge >= 0.3 is 5.97 Å². The highest BCUT2D eigenvalue weighted by Gasteiger charge is 2.20. The molecule has 0 radical (unpaired) electrons. The number of carbonyl (C=O) groups excluding carboxylic acids is 3. The summed E-state index contributed by atoms with van der Waals surface area (Å²) in [6.07, 6.45) is -1.03. The number of esters is 1. The zero-order valence-electron chi connectivity index (χ0n) is 16.5. The number of hydrogen-bond acceptors (Lipinski definition) is 6. The maximum atomic E-state index is 12.3. The van der Waals surface area contributed by atoms with Crippen molar-refractivity contribution in [3.63, 3.8) is 0 Å². The van der Waals surface area contributed by atoms with E-state index < -0.39 is 18.0 Å². The summed E-state index contributed by atoms with van der Waals surface area (Å²) in [5.41, 5.74) is 3.08. The molecule has 0 aliphatic carbocycles. The highest BCUT2D eigenvalue weighted by atomic mass is 32.1. The van der Waals surface area contributed by atoms with Gasteiger partial charge in [0, 0.05) is 16.5 Å². The number of aromatic nitrogens is 1. The van der Waals surface area contributed by atoms with Gasteiger partial charge in [0.2, 0.25) is 0 Å². The van der Waals surface area contributed by atoms with Crippen LogP contribution in [0.25, 0.3) is 11.3 Å². The molecule has 0 spiro atoms. The molecule has 0 bridgehead atoms. The van der Waals surface area contributed by atoms with Gasteiger partial charge in [0.1, 0.15) is 6.54 Å². The van der Waals surface area contributed by atoms with E-state index >= 15 is 0 Å². The average Bonchev–Trinajstić information content (AvgIpc) is 3.21. The highest BCUT2D eigenvalue weighted by molar-refractivity contribution is 7.14. The minimum atomic E-state index is -1.03. The molecule has 154 valence electrons. The van der Waals surface area contributed by atoms with Gasteiger partial charge in [-0.2, -0.15) is 0 Å². The monoisotopic (exact) mass is 423 g/mol. The summed E-state index contributed by atoms with van der Waals surface area (Å²) in [4.78, 5) is 40.7. The molecule has 1 atom stereocenters. The molecule has 3 aromatic rings. The molecule has 0 aliphatic rings. The van der Waals surface area contributed by atoms with Gasteiger partial charge in [0.05, 0.1) is 5.69 Å². The van der Waals surface area contributed by atoms with Crippen LogP contribution in [-0.2, 0) is 14.3 Å². The predicted molar refractivity (Wildman–Crippen MR) is 115 cm³/mol. The molecule has 0 aliphatic heterocycles. The number of amides is 2. The molecule has 8 heteroatoms. The number of aryl methyl sites for hydroxylation is 1. The molecular formula is C22H21N3O4S. The van der Waals surface area contributed by atoms with E-state index in [0.29, 0.717) is 10.7 Å². The van der Waals surface area contributed by atoms with E-state index in [0.717, 1.165) is 16.8 Å². The Kier molecular flexibility index (Phi) is 6.92.